The largest absolute Gasteiger partial charge is 0.379 e. The summed E-state index contributed by atoms with van der Waals surface area (Å²) in [5, 5.41) is 9.93. The highest BCUT2D eigenvalue weighted by molar-refractivity contribution is 5.97. The SMILES string of the molecule is O=C(Nc1cn[nH]c1-c1nc2ccc(CN3CCOCC3)cc2[nH]1)[C@@H]1CCCO1. The number of aromatic nitrogens is 4. The first-order valence-corrected chi connectivity index (χ1v) is 10.0. The van der Waals surface area contributed by atoms with Crippen LogP contribution in [-0.2, 0) is 20.8 Å². The molecular weight excluding hydrogens is 372 g/mol. The van der Waals surface area contributed by atoms with Crippen LogP contribution >= 0.6 is 0 Å². The molecule has 152 valence electrons. The molecule has 0 aliphatic carbocycles. The summed E-state index contributed by atoms with van der Waals surface area (Å²) in [4.78, 5) is 22.8. The summed E-state index contributed by atoms with van der Waals surface area (Å²) in [5.41, 5.74) is 4.31. The summed E-state index contributed by atoms with van der Waals surface area (Å²) in [6, 6.07) is 6.25. The van der Waals surface area contributed by atoms with Crippen molar-refractivity contribution in [3.05, 3.63) is 30.0 Å². The number of nitrogens with one attached hydrogen (secondary N) is 3. The third-order valence-corrected chi connectivity index (χ3v) is 5.41. The molecule has 1 amide bonds. The van der Waals surface area contributed by atoms with Crippen LogP contribution in [0.4, 0.5) is 5.69 Å². The number of aromatic amines is 2. The number of H-pyrrole nitrogens is 2. The molecule has 0 spiro atoms. The first-order valence-electron chi connectivity index (χ1n) is 10.0. The first kappa shape index (κ1) is 18.3. The molecule has 2 fully saturated rings. The Morgan fingerprint density at radius 2 is 2.17 bits per heavy atom. The fraction of sp³-hybridized carbons (Fsp3) is 0.450. The van der Waals surface area contributed by atoms with Gasteiger partial charge < -0.3 is 19.8 Å². The molecule has 2 aliphatic rings. The van der Waals surface area contributed by atoms with Gasteiger partial charge in [-0.3, -0.25) is 14.8 Å². The van der Waals surface area contributed by atoms with E-state index in [1.54, 1.807) is 6.20 Å². The van der Waals surface area contributed by atoms with Crippen LogP contribution in [0.25, 0.3) is 22.6 Å². The summed E-state index contributed by atoms with van der Waals surface area (Å²) < 4.78 is 10.9. The number of morpholine rings is 1. The maximum absolute atomic E-state index is 12.4. The average Bonchev–Trinajstić information content (AvgIpc) is 3.48. The van der Waals surface area contributed by atoms with Crippen molar-refractivity contribution in [1.29, 1.82) is 0 Å². The van der Waals surface area contributed by atoms with Crippen LogP contribution < -0.4 is 5.32 Å². The molecule has 0 bridgehead atoms. The number of hydrogen-bond donors (Lipinski definition) is 3. The van der Waals surface area contributed by atoms with Gasteiger partial charge in [0, 0.05) is 26.2 Å². The zero-order chi connectivity index (χ0) is 19.6. The second-order valence-corrected chi connectivity index (χ2v) is 7.48. The van der Waals surface area contributed by atoms with Gasteiger partial charge in [0.2, 0.25) is 0 Å². The van der Waals surface area contributed by atoms with E-state index in [-0.39, 0.29) is 5.91 Å². The minimum absolute atomic E-state index is 0.144. The summed E-state index contributed by atoms with van der Waals surface area (Å²) in [6.45, 7) is 5.00. The topological polar surface area (TPSA) is 108 Å². The quantitative estimate of drug-likeness (QED) is 0.608. The molecule has 9 heteroatoms. The minimum atomic E-state index is -0.392. The molecule has 4 heterocycles. The highest BCUT2D eigenvalue weighted by Crippen LogP contribution is 2.27. The van der Waals surface area contributed by atoms with E-state index in [0.717, 1.165) is 56.7 Å². The molecule has 29 heavy (non-hydrogen) atoms. The van der Waals surface area contributed by atoms with Crippen LogP contribution in [0.5, 0.6) is 0 Å². The van der Waals surface area contributed by atoms with Crippen molar-refractivity contribution in [2.24, 2.45) is 0 Å². The Bertz CT molecular complexity index is 1000. The van der Waals surface area contributed by atoms with Crippen LogP contribution in [0, 0.1) is 0 Å². The smallest absolute Gasteiger partial charge is 0.253 e. The lowest BCUT2D eigenvalue weighted by Crippen LogP contribution is -2.35. The van der Waals surface area contributed by atoms with Crippen molar-refractivity contribution in [2.45, 2.75) is 25.5 Å². The van der Waals surface area contributed by atoms with Crippen LogP contribution in [0.15, 0.2) is 24.4 Å². The van der Waals surface area contributed by atoms with E-state index < -0.39 is 6.10 Å². The number of benzene rings is 1. The Hall–Kier alpha value is -2.75. The summed E-state index contributed by atoms with van der Waals surface area (Å²) in [5.74, 6) is 0.498. The predicted molar refractivity (Wildman–Crippen MR) is 107 cm³/mol. The second kappa shape index (κ2) is 7.94. The van der Waals surface area contributed by atoms with Crippen LogP contribution in [-0.4, -0.2) is 70.0 Å². The second-order valence-electron chi connectivity index (χ2n) is 7.48. The van der Waals surface area contributed by atoms with Gasteiger partial charge in [0.1, 0.15) is 11.8 Å². The molecule has 2 saturated heterocycles. The van der Waals surface area contributed by atoms with Gasteiger partial charge in [-0.1, -0.05) is 6.07 Å². The molecule has 1 atom stereocenters. The van der Waals surface area contributed by atoms with Gasteiger partial charge in [-0.15, -0.1) is 0 Å². The van der Waals surface area contributed by atoms with Gasteiger partial charge in [-0.25, -0.2) is 4.98 Å². The molecule has 5 rings (SSSR count). The molecule has 3 aromatic rings. The Balaban J connectivity index is 1.35. The zero-order valence-corrected chi connectivity index (χ0v) is 16.1. The van der Waals surface area contributed by atoms with Crippen molar-refractivity contribution in [1.82, 2.24) is 25.1 Å². The molecular formula is C20H24N6O3. The molecule has 9 nitrogen and oxygen atoms in total. The van der Waals surface area contributed by atoms with Gasteiger partial charge in [-0.05, 0) is 30.5 Å². The van der Waals surface area contributed by atoms with E-state index in [4.69, 9.17) is 9.47 Å². The van der Waals surface area contributed by atoms with Crippen molar-refractivity contribution < 1.29 is 14.3 Å². The first-order chi connectivity index (χ1) is 14.3. The fourth-order valence-electron chi connectivity index (χ4n) is 3.85. The minimum Gasteiger partial charge on any atom is -0.379 e. The molecule has 0 saturated carbocycles. The van der Waals surface area contributed by atoms with Gasteiger partial charge in [-0.2, -0.15) is 5.10 Å². The number of imidazole rings is 1. The monoisotopic (exact) mass is 396 g/mol. The lowest BCUT2D eigenvalue weighted by Gasteiger charge is -2.26. The number of hydrogen-bond acceptors (Lipinski definition) is 6. The number of anilines is 1. The van der Waals surface area contributed by atoms with E-state index >= 15 is 0 Å². The van der Waals surface area contributed by atoms with Crippen LogP contribution in [0.3, 0.4) is 0 Å². The predicted octanol–water partition coefficient (Wildman–Crippen LogP) is 1.90. The van der Waals surface area contributed by atoms with E-state index in [2.05, 4.69) is 42.5 Å². The number of rotatable bonds is 5. The number of carbonyl (C=O) groups excluding carboxylic acids is 1. The molecule has 2 aromatic heterocycles. The summed E-state index contributed by atoms with van der Waals surface area (Å²) >= 11 is 0. The van der Waals surface area contributed by atoms with Crippen molar-refractivity contribution in [3.8, 4) is 11.5 Å². The van der Waals surface area contributed by atoms with Gasteiger partial charge in [0.05, 0.1) is 36.1 Å². The fourth-order valence-corrected chi connectivity index (χ4v) is 3.85. The van der Waals surface area contributed by atoms with Crippen LogP contribution in [0.2, 0.25) is 0 Å². The standard InChI is InChI=1S/C20H24N6O3/c27-20(17-2-1-7-29-17)24-16-11-21-25-18(16)19-22-14-4-3-13(10-15(14)23-19)12-26-5-8-28-9-6-26/h3-4,10-11,17H,1-2,5-9,12H2,(H,21,25)(H,22,23)(H,24,27)/t17-/m0/s1. The number of carbonyl (C=O) groups is 1. The van der Waals surface area contributed by atoms with E-state index in [1.165, 1.54) is 5.56 Å². The molecule has 0 unspecified atom stereocenters. The Morgan fingerprint density at radius 1 is 1.28 bits per heavy atom. The normalized spacial score (nSPS) is 20.3. The number of ether oxygens (including phenoxy) is 2. The maximum atomic E-state index is 12.4. The van der Waals surface area contributed by atoms with Crippen molar-refractivity contribution in [3.63, 3.8) is 0 Å². The summed E-state index contributed by atoms with van der Waals surface area (Å²) in [6.07, 6.45) is 2.86. The Labute approximate surface area is 167 Å². The Morgan fingerprint density at radius 3 is 3.00 bits per heavy atom. The number of amides is 1. The highest BCUT2D eigenvalue weighted by Gasteiger charge is 2.25. The van der Waals surface area contributed by atoms with E-state index in [9.17, 15) is 4.79 Å². The average molecular weight is 396 g/mol. The van der Waals surface area contributed by atoms with E-state index in [1.807, 2.05) is 6.07 Å². The van der Waals surface area contributed by atoms with Gasteiger partial charge in [0.25, 0.3) is 5.91 Å². The highest BCUT2D eigenvalue weighted by atomic mass is 16.5. The molecule has 1 aromatic carbocycles. The number of nitrogens with zero attached hydrogens (tertiary/aromatic N) is 3. The third-order valence-electron chi connectivity index (χ3n) is 5.41. The molecule has 2 aliphatic heterocycles. The van der Waals surface area contributed by atoms with Gasteiger partial charge in [0.15, 0.2) is 5.82 Å². The lowest BCUT2D eigenvalue weighted by atomic mass is 10.2. The van der Waals surface area contributed by atoms with Crippen molar-refractivity contribution in [2.75, 3.05) is 38.2 Å². The van der Waals surface area contributed by atoms with Gasteiger partial charge >= 0.3 is 0 Å². The van der Waals surface area contributed by atoms with E-state index in [0.29, 0.717) is 23.8 Å². The van der Waals surface area contributed by atoms with Crippen LogP contribution in [0.1, 0.15) is 18.4 Å². The van der Waals surface area contributed by atoms with Crippen molar-refractivity contribution >= 4 is 22.6 Å². The Kier molecular flexibility index (Phi) is 5.01. The molecule has 3 N–H and O–H groups in total. The zero-order valence-electron chi connectivity index (χ0n) is 16.1. The number of fused-ring (bicyclic) bond motifs is 1. The lowest BCUT2D eigenvalue weighted by molar-refractivity contribution is -0.124. The summed E-state index contributed by atoms with van der Waals surface area (Å²) in [7, 11) is 0. The maximum Gasteiger partial charge on any atom is 0.253 e. The molecule has 0 radical (unpaired) electrons. The third kappa shape index (κ3) is 3.89.